The Morgan fingerprint density at radius 1 is 1.26 bits per heavy atom. The number of hydrogen-bond donors (Lipinski definition) is 3. The molecule has 0 spiro atoms. The fraction of sp³-hybridized carbons (Fsp3) is 0.526. The molecule has 0 bridgehead atoms. The average Bonchev–Trinajstić information content (AvgIpc) is 2.81. The monoisotopic (exact) mass is 408 g/mol. The van der Waals surface area contributed by atoms with Gasteiger partial charge in [0.25, 0.3) is 0 Å². The molecule has 0 saturated carbocycles. The maximum absolute atomic E-state index is 13.0. The Balaban J connectivity index is 1.67. The van der Waals surface area contributed by atoms with Crippen LogP contribution in [0.15, 0.2) is 30.3 Å². The first-order valence-electron chi connectivity index (χ1n) is 9.16. The summed E-state index contributed by atoms with van der Waals surface area (Å²) >= 11 is 6.01. The SMILES string of the molecule is O=C(N[C@H]1CCS[C@@H]2CCC[C@@H](C(=O)O)N2C1=O)[C@@H](S)Cc1ccccc1. The Morgan fingerprint density at radius 3 is 2.70 bits per heavy atom. The van der Waals surface area contributed by atoms with Gasteiger partial charge in [-0.3, -0.25) is 9.59 Å². The second-order valence-electron chi connectivity index (χ2n) is 6.91. The van der Waals surface area contributed by atoms with Gasteiger partial charge in [-0.05, 0) is 43.4 Å². The highest BCUT2D eigenvalue weighted by Gasteiger charge is 2.43. The summed E-state index contributed by atoms with van der Waals surface area (Å²) < 4.78 is 0. The molecule has 27 heavy (non-hydrogen) atoms. The molecule has 146 valence electrons. The number of rotatable bonds is 5. The van der Waals surface area contributed by atoms with Crippen LogP contribution in [0, 0.1) is 0 Å². The van der Waals surface area contributed by atoms with Crippen molar-refractivity contribution in [2.24, 2.45) is 0 Å². The lowest BCUT2D eigenvalue weighted by atomic mass is 10.00. The number of thiol groups is 1. The van der Waals surface area contributed by atoms with Gasteiger partial charge in [0.2, 0.25) is 11.8 Å². The van der Waals surface area contributed by atoms with Crippen LogP contribution in [0.4, 0.5) is 0 Å². The van der Waals surface area contributed by atoms with Crippen molar-refractivity contribution >= 4 is 42.2 Å². The molecule has 2 fully saturated rings. The molecule has 3 rings (SSSR count). The van der Waals surface area contributed by atoms with Crippen LogP contribution in [0.5, 0.6) is 0 Å². The van der Waals surface area contributed by atoms with Crippen LogP contribution in [0.2, 0.25) is 0 Å². The average molecular weight is 409 g/mol. The van der Waals surface area contributed by atoms with E-state index in [2.05, 4.69) is 17.9 Å². The molecule has 2 saturated heterocycles. The van der Waals surface area contributed by atoms with E-state index < -0.39 is 23.3 Å². The fourth-order valence-corrected chi connectivity index (χ4v) is 5.30. The largest absolute Gasteiger partial charge is 0.480 e. The molecule has 2 amide bonds. The van der Waals surface area contributed by atoms with Crippen molar-refractivity contribution in [3.63, 3.8) is 0 Å². The van der Waals surface area contributed by atoms with E-state index in [1.54, 1.807) is 11.8 Å². The minimum absolute atomic E-state index is 0.120. The molecule has 0 aromatic heterocycles. The van der Waals surface area contributed by atoms with Gasteiger partial charge >= 0.3 is 5.97 Å². The van der Waals surface area contributed by atoms with E-state index in [1.165, 1.54) is 4.90 Å². The lowest BCUT2D eigenvalue weighted by Gasteiger charge is -2.39. The Kier molecular flexibility index (Phi) is 6.70. The summed E-state index contributed by atoms with van der Waals surface area (Å²) in [6.45, 7) is 0. The van der Waals surface area contributed by atoms with Crippen LogP contribution in [0.25, 0.3) is 0 Å². The third-order valence-corrected chi connectivity index (χ3v) is 6.76. The van der Waals surface area contributed by atoms with Crippen LogP contribution >= 0.6 is 24.4 Å². The minimum Gasteiger partial charge on any atom is -0.480 e. The normalized spacial score (nSPS) is 26.6. The lowest BCUT2D eigenvalue weighted by Crippen LogP contribution is -2.57. The zero-order valence-electron chi connectivity index (χ0n) is 14.9. The number of carboxylic acids is 1. The highest BCUT2D eigenvalue weighted by molar-refractivity contribution is 7.99. The van der Waals surface area contributed by atoms with Crippen LogP contribution in [0.1, 0.15) is 31.2 Å². The number of thioether (sulfide) groups is 1. The van der Waals surface area contributed by atoms with Gasteiger partial charge in [-0.25, -0.2) is 4.79 Å². The highest BCUT2D eigenvalue weighted by Crippen LogP contribution is 2.34. The number of carbonyl (C=O) groups is 3. The standard InChI is InChI=1S/C19H24N2O4S2/c22-17(15(26)11-12-5-2-1-3-6-12)20-13-9-10-27-16-8-4-7-14(19(24)25)21(16)18(13)23/h1-3,5-6,13-16,26H,4,7-11H2,(H,20,22)(H,24,25)/t13-,14-,15-,16+/m0/s1. The first kappa shape index (κ1) is 20.1. The first-order valence-corrected chi connectivity index (χ1v) is 10.7. The van der Waals surface area contributed by atoms with Crippen molar-refractivity contribution in [3.8, 4) is 0 Å². The van der Waals surface area contributed by atoms with E-state index in [0.717, 1.165) is 18.4 Å². The molecule has 2 aliphatic heterocycles. The van der Waals surface area contributed by atoms with E-state index >= 15 is 0 Å². The molecular formula is C19H24N2O4S2. The van der Waals surface area contributed by atoms with Crippen molar-refractivity contribution in [2.75, 3.05) is 5.75 Å². The summed E-state index contributed by atoms with van der Waals surface area (Å²) in [6, 6.07) is 8.08. The second kappa shape index (κ2) is 9.01. The maximum Gasteiger partial charge on any atom is 0.326 e. The Labute approximate surface area is 168 Å². The van der Waals surface area contributed by atoms with Crippen LogP contribution in [0.3, 0.4) is 0 Å². The maximum atomic E-state index is 13.0. The Hall–Kier alpha value is -1.67. The molecule has 2 aliphatic rings. The fourth-order valence-electron chi connectivity index (χ4n) is 3.62. The summed E-state index contributed by atoms with van der Waals surface area (Å²) in [5.74, 6) is -0.851. The zero-order chi connectivity index (χ0) is 19.4. The summed E-state index contributed by atoms with van der Waals surface area (Å²) in [7, 11) is 0. The molecule has 0 aliphatic carbocycles. The van der Waals surface area contributed by atoms with Gasteiger partial charge in [-0.1, -0.05) is 30.3 Å². The van der Waals surface area contributed by atoms with Gasteiger partial charge in [-0.2, -0.15) is 12.6 Å². The number of nitrogens with zero attached hydrogens (tertiary/aromatic N) is 1. The Morgan fingerprint density at radius 2 is 2.00 bits per heavy atom. The topological polar surface area (TPSA) is 86.7 Å². The molecule has 0 unspecified atom stereocenters. The smallest absolute Gasteiger partial charge is 0.326 e. The molecule has 1 aromatic rings. The molecule has 2 heterocycles. The second-order valence-corrected chi connectivity index (χ2v) is 8.82. The van der Waals surface area contributed by atoms with Crippen molar-refractivity contribution in [2.45, 2.75) is 54.8 Å². The number of hydrogen-bond acceptors (Lipinski definition) is 5. The first-order chi connectivity index (χ1) is 13.0. The van der Waals surface area contributed by atoms with Crippen molar-refractivity contribution in [3.05, 3.63) is 35.9 Å². The van der Waals surface area contributed by atoms with Gasteiger partial charge in [0.1, 0.15) is 12.1 Å². The van der Waals surface area contributed by atoms with E-state index in [1.807, 2.05) is 30.3 Å². The predicted molar refractivity (Wildman–Crippen MR) is 108 cm³/mol. The molecule has 6 nitrogen and oxygen atoms in total. The van der Waals surface area contributed by atoms with E-state index in [4.69, 9.17) is 0 Å². The van der Waals surface area contributed by atoms with Crippen LogP contribution in [-0.4, -0.2) is 56.3 Å². The number of carboxylic acid groups (broad SMARTS) is 1. The summed E-state index contributed by atoms with van der Waals surface area (Å²) in [6.07, 6.45) is 3.02. The third kappa shape index (κ3) is 4.79. The number of amides is 2. The predicted octanol–water partition coefficient (Wildman–Crippen LogP) is 1.94. The van der Waals surface area contributed by atoms with Gasteiger partial charge in [0.05, 0.1) is 10.6 Å². The van der Waals surface area contributed by atoms with Gasteiger partial charge in [-0.15, -0.1) is 11.8 Å². The molecule has 0 radical (unpaired) electrons. The number of carbonyl (C=O) groups excluding carboxylic acids is 2. The van der Waals surface area contributed by atoms with Gasteiger partial charge in [0, 0.05) is 0 Å². The highest BCUT2D eigenvalue weighted by atomic mass is 32.2. The molecule has 2 N–H and O–H groups in total. The van der Waals surface area contributed by atoms with Gasteiger partial charge in [0.15, 0.2) is 0 Å². The summed E-state index contributed by atoms with van der Waals surface area (Å²) in [4.78, 5) is 38.7. The van der Waals surface area contributed by atoms with Crippen LogP contribution in [-0.2, 0) is 20.8 Å². The number of aliphatic carboxylic acids is 1. The van der Waals surface area contributed by atoms with Crippen LogP contribution < -0.4 is 5.32 Å². The van der Waals surface area contributed by atoms with Crippen molar-refractivity contribution in [1.29, 1.82) is 0 Å². The third-order valence-electron chi connectivity index (χ3n) is 5.02. The summed E-state index contributed by atoms with van der Waals surface area (Å²) in [5.41, 5.74) is 0.998. The van der Waals surface area contributed by atoms with E-state index in [0.29, 0.717) is 25.0 Å². The molecule has 8 heteroatoms. The number of fused-ring (bicyclic) bond motifs is 1. The number of benzene rings is 1. The molecule has 1 aromatic carbocycles. The van der Waals surface area contributed by atoms with E-state index in [-0.39, 0.29) is 17.2 Å². The van der Waals surface area contributed by atoms with Gasteiger partial charge < -0.3 is 15.3 Å². The quantitative estimate of drug-likeness (QED) is 0.648. The summed E-state index contributed by atoms with van der Waals surface area (Å²) in [5, 5.41) is 11.6. The lowest BCUT2D eigenvalue weighted by molar-refractivity contribution is -0.154. The zero-order valence-corrected chi connectivity index (χ0v) is 16.6. The van der Waals surface area contributed by atoms with Crippen molar-refractivity contribution < 1.29 is 19.5 Å². The van der Waals surface area contributed by atoms with Crippen molar-refractivity contribution in [1.82, 2.24) is 10.2 Å². The Bertz CT molecular complexity index is 700. The van der Waals surface area contributed by atoms with E-state index in [9.17, 15) is 19.5 Å². The molecular weight excluding hydrogens is 384 g/mol. The number of piperidine rings is 1. The molecule has 4 atom stereocenters. The minimum atomic E-state index is -0.975. The number of nitrogens with one attached hydrogen (secondary N) is 1.